The molecule has 0 amide bonds. The first-order chi connectivity index (χ1) is 7.51. The molecule has 1 atom stereocenters. The Bertz CT molecular complexity index is 553. The molecule has 86 valence electrons. The van der Waals surface area contributed by atoms with Crippen molar-refractivity contribution in [2.75, 3.05) is 25.5 Å². The zero-order chi connectivity index (χ0) is 11.5. The Hall–Kier alpha value is -1.07. The molecule has 0 saturated heterocycles. The van der Waals surface area contributed by atoms with E-state index in [0.717, 1.165) is 16.8 Å². The van der Waals surface area contributed by atoms with Crippen LogP contribution in [0.1, 0.15) is 16.4 Å². The number of hydrogen-bond acceptors (Lipinski definition) is 3. The minimum atomic E-state index is -3.15. The fraction of sp³-hybridized carbons (Fsp3) is 0.455. The van der Waals surface area contributed by atoms with Crippen LogP contribution in [-0.2, 0) is 16.6 Å². The third kappa shape index (κ3) is 1.10. The molecule has 2 aliphatic rings. The van der Waals surface area contributed by atoms with Crippen LogP contribution in [0.5, 0.6) is 0 Å². The van der Waals surface area contributed by atoms with Crippen molar-refractivity contribution in [1.29, 1.82) is 0 Å². The molecule has 0 spiro atoms. The molecule has 0 saturated carbocycles. The standard InChI is InChI=1S/C11H14N2O2S/c1-12-7-10-11-8(4-3-5-9(11)12)6-13(2)16(10,14)15/h3-5,10H,6-7H2,1-2H3. The van der Waals surface area contributed by atoms with Crippen molar-refractivity contribution in [3.63, 3.8) is 0 Å². The van der Waals surface area contributed by atoms with Crippen LogP contribution in [0.25, 0.3) is 0 Å². The lowest BCUT2D eigenvalue weighted by atomic mass is 10.0. The van der Waals surface area contributed by atoms with Crippen molar-refractivity contribution in [2.45, 2.75) is 11.8 Å². The van der Waals surface area contributed by atoms with E-state index in [1.165, 1.54) is 4.31 Å². The Kier molecular flexibility index (Phi) is 1.89. The Morgan fingerprint density at radius 1 is 1.31 bits per heavy atom. The monoisotopic (exact) mass is 238 g/mol. The number of nitrogens with zero attached hydrogens (tertiary/aromatic N) is 2. The molecule has 2 heterocycles. The number of anilines is 1. The highest BCUT2D eigenvalue weighted by molar-refractivity contribution is 7.89. The smallest absolute Gasteiger partial charge is 0.223 e. The Morgan fingerprint density at radius 2 is 2.06 bits per heavy atom. The van der Waals surface area contributed by atoms with Crippen LogP contribution in [0.15, 0.2) is 18.2 Å². The molecular formula is C11H14N2O2S. The summed E-state index contributed by atoms with van der Waals surface area (Å²) < 4.78 is 25.8. The highest BCUT2D eigenvalue weighted by Crippen LogP contribution is 2.44. The second-order valence-corrected chi connectivity index (χ2v) is 6.74. The van der Waals surface area contributed by atoms with Gasteiger partial charge in [-0.1, -0.05) is 12.1 Å². The molecule has 0 fully saturated rings. The van der Waals surface area contributed by atoms with Gasteiger partial charge in [0.2, 0.25) is 10.0 Å². The van der Waals surface area contributed by atoms with Gasteiger partial charge in [0.15, 0.2) is 0 Å². The van der Waals surface area contributed by atoms with E-state index in [9.17, 15) is 8.42 Å². The van der Waals surface area contributed by atoms with E-state index >= 15 is 0 Å². The van der Waals surface area contributed by atoms with Gasteiger partial charge >= 0.3 is 0 Å². The van der Waals surface area contributed by atoms with E-state index in [1.54, 1.807) is 7.05 Å². The van der Waals surface area contributed by atoms with Crippen molar-refractivity contribution in [3.8, 4) is 0 Å². The van der Waals surface area contributed by atoms with Gasteiger partial charge < -0.3 is 4.90 Å². The minimum absolute atomic E-state index is 0.373. The van der Waals surface area contributed by atoms with E-state index < -0.39 is 10.0 Å². The fourth-order valence-corrected chi connectivity index (χ4v) is 4.41. The summed E-state index contributed by atoms with van der Waals surface area (Å²) in [4.78, 5) is 2.03. The maximum Gasteiger partial charge on any atom is 0.223 e. The summed E-state index contributed by atoms with van der Waals surface area (Å²) in [5, 5.41) is -0.373. The van der Waals surface area contributed by atoms with Gasteiger partial charge in [0, 0.05) is 38.4 Å². The summed E-state index contributed by atoms with van der Waals surface area (Å²) in [6.07, 6.45) is 0. The van der Waals surface area contributed by atoms with Gasteiger partial charge in [-0.05, 0) is 11.6 Å². The summed E-state index contributed by atoms with van der Waals surface area (Å²) in [6.45, 7) is 1.06. The summed E-state index contributed by atoms with van der Waals surface area (Å²) in [5.41, 5.74) is 3.23. The van der Waals surface area contributed by atoms with Gasteiger partial charge in [-0.25, -0.2) is 8.42 Å². The molecule has 16 heavy (non-hydrogen) atoms. The fourth-order valence-electron chi connectivity index (χ4n) is 2.67. The molecule has 4 nitrogen and oxygen atoms in total. The van der Waals surface area contributed by atoms with Gasteiger partial charge in [0.05, 0.1) is 0 Å². The second kappa shape index (κ2) is 2.99. The van der Waals surface area contributed by atoms with Crippen molar-refractivity contribution < 1.29 is 8.42 Å². The third-order valence-corrected chi connectivity index (χ3v) is 5.64. The molecule has 2 aliphatic heterocycles. The molecule has 5 heteroatoms. The summed E-state index contributed by atoms with van der Waals surface area (Å²) >= 11 is 0. The lowest BCUT2D eigenvalue weighted by molar-refractivity contribution is 0.445. The molecule has 0 N–H and O–H groups in total. The van der Waals surface area contributed by atoms with Gasteiger partial charge in [0.1, 0.15) is 5.25 Å². The quantitative estimate of drug-likeness (QED) is 0.676. The number of sulfonamides is 1. The molecular weight excluding hydrogens is 224 g/mol. The first kappa shape index (κ1) is 10.1. The molecule has 0 bridgehead atoms. The zero-order valence-corrected chi connectivity index (χ0v) is 10.2. The van der Waals surface area contributed by atoms with Crippen LogP contribution in [0.3, 0.4) is 0 Å². The second-order valence-electron chi connectivity index (χ2n) is 4.52. The van der Waals surface area contributed by atoms with E-state index in [-0.39, 0.29) is 5.25 Å². The summed E-state index contributed by atoms with van der Waals surface area (Å²) in [7, 11) is 0.449. The molecule has 1 unspecified atom stereocenters. The Labute approximate surface area is 95.5 Å². The number of hydrogen-bond donors (Lipinski definition) is 0. The first-order valence-electron chi connectivity index (χ1n) is 5.30. The van der Waals surface area contributed by atoms with Gasteiger partial charge in [0.25, 0.3) is 0 Å². The van der Waals surface area contributed by atoms with E-state index in [0.29, 0.717) is 13.1 Å². The van der Waals surface area contributed by atoms with Crippen molar-refractivity contribution in [2.24, 2.45) is 0 Å². The van der Waals surface area contributed by atoms with Gasteiger partial charge in [-0.15, -0.1) is 0 Å². The largest absolute Gasteiger partial charge is 0.373 e. The van der Waals surface area contributed by atoms with Crippen LogP contribution in [-0.4, -0.2) is 33.4 Å². The number of rotatable bonds is 0. The zero-order valence-electron chi connectivity index (χ0n) is 9.34. The normalized spacial score (nSPS) is 26.9. The van der Waals surface area contributed by atoms with E-state index in [1.807, 2.05) is 30.1 Å². The van der Waals surface area contributed by atoms with Crippen molar-refractivity contribution in [1.82, 2.24) is 4.31 Å². The number of benzene rings is 1. The molecule has 3 rings (SSSR count). The van der Waals surface area contributed by atoms with Gasteiger partial charge in [-0.3, -0.25) is 0 Å². The van der Waals surface area contributed by atoms with Crippen LogP contribution in [0.2, 0.25) is 0 Å². The van der Waals surface area contributed by atoms with Crippen LogP contribution >= 0.6 is 0 Å². The van der Waals surface area contributed by atoms with Crippen molar-refractivity contribution in [3.05, 3.63) is 29.3 Å². The van der Waals surface area contributed by atoms with E-state index in [4.69, 9.17) is 0 Å². The van der Waals surface area contributed by atoms with Crippen LogP contribution < -0.4 is 4.90 Å². The van der Waals surface area contributed by atoms with E-state index in [2.05, 4.69) is 0 Å². The summed E-state index contributed by atoms with van der Waals surface area (Å²) in [5.74, 6) is 0. The van der Waals surface area contributed by atoms with Crippen LogP contribution in [0.4, 0.5) is 5.69 Å². The number of likely N-dealkylation sites (N-methyl/N-ethyl adjacent to an activating group) is 1. The Balaban J connectivity index is 2.29. The third-order valence-electron chi connectivity index (χ3n) is 3.53. The summed E-state index contributed by atoms with van der Waals surface area (Å²) in [6, 6.07) is 6.02. The molecule has 1 aromatic carbocycles. The maximum absolute atomic E-state index is 12.2. The van der Waals surface area contributed by atoms with Gasteiger partial charge in [-0.2, -0.15) is 4.31 Å². The maximum atomic E-state index is 12.2. The SMILES string of the molecule is CN1CC2c3c(cccc31)CN(C)S2(=O)=O. The predicted octanol–water partition coefficient (Wildman–Crippen LogP) is 0.953. The average molecular weight is 238 g/mol. The molecule has 1 aromatic rings. The molecule has 0 aromatic heterocycles. The molecule has 0 radical (unpaired) electrons. The highest BCUT2D eigenvalue weighted by Gasteiger charge is 2.43. The molecule has 0 aliphatic carbocycles. The average Bonchev–Trinajstić information content (AvgIpc) is 2.57. The highest BCUT2D eigenvalue weighted by atomic mass is 32.2. The minimum Gasteiger partial charge on any atom is -0.373 e. The predicted molar refractivity (Wildman–Crippen MR) is 62.8 cm³/mol. The lowest BCUT2D eigenvalue weighted by Gasteiger charge is -2.28. The first-order valence-corrected chi connectivity index (χ1v) is 6.80. The van der Waals surface area contributed by atoms with Crippen molar-refractivity contribution >= 4 is 15.7 Å². The van der Waals surface area contributed by atoms with Crippen LogP contribution in [0, 0.1) is 0 Å². The topological polar surface area (TPSA) is 40.6 Å². The lowest BCUT2D eigenvalue weighted by Crippen LogP contribution is -2.36. The Morgan fingerprint density at radius 3 is 2.81 bits per heavy atom.